The Morgan fingerprint density at radius 1 is 1.07 bits per heavy atom. The van der Waals surface area contributed by atoms with Gasteiger partial charge in [-0.25, -0.2) is 4.98 Å². The van der Waals surface area contributed by atoms with Gasteiger partial charge in [0.05, 0.1) is 34.1 Å². The summed E-state index contributed by atoms with van der Waals surface area (Å²) < 4.78 is 13.2. The summed E-state index contributed by atoms with van der Waals surface area (Å²) in [4.78, 5) is 40.4. The van der Waals surface area contributed by atoms with Crippen molar-refractivity contribution in [3.8, 4) is 11.5 Å². The Hall–Kier alpha value is -4.65. The number of hydrogen-bond acceptors (Lipinski definition) is 9. The van der Waals surface area contributed by atoms with E-state index in [1.807, 2.05) is 6.07 Å². The van der Waals surface area contributed by atoms with Crippen molar-refractivity contribution in [3.05, 3.63) is 107 Å². The van der Waals surface area contributed by atoms with Gasteiger partial charge in [0.2, 0.25) is 5.75 Å². The summed E-state index contributed by atoms with van der Waals surface area (Å²) in [5.74, 6) is 0.550. The Balaban J connectivity index is 1.53. The van der Waals surface area contributed by atoms with Gasteiger partial charge in [-0.05, 0) is 42.7 Å². The van der Waals surface area contributed by atoms with Gasteiger partial charge in [0.1, 0.15) is 12.4 Å². The summed E-state index contributed by atoms with van der Waals surface area (Å²) in [7, 11) is 1.34. The molecule has 42 heavy (non-hydrogen) atoms. The highest BCUT2D eigenvalue weighted by molar-refractivity contribution is 9.10. The number of ether oxygens (including phenoxy) is 2. The highest BCUT2D eigenvalue weighted by Crippen LogP contribution is 2.39. The van der Waals surface area contributed by atoms with E-state index in [1.54, 1.807) is 18.2 Å². The molecular weight excluding hydrogens is 610 g/mol. The molecule has 1 fully saturated rings. The zero-order valence-electron chi connectivity index (χ0n) is 22.6. The molecular formula is C29H26BrN5O7. The summed E-state index contributed by atoms with van der Waals surface area (Å²) in [6.45, 7) is -0.162. The van der Waals surface area contributed by atoms with Crippen LogP contribution in [-0.2, 0) is 6.61 Å². The minimum atomic E-state index is -0.614. The number of halogens is 1. The number of benzene rings is 3. The molecule has 0 unspecified atom stereocenters. The molecule has 0 atom stereocenters. The fourth-order valence-corrected chi connectivity index (χ4v) is 5.42. The monoisotopic (exact) mass is 635 g/mol. The van der Waals surface area contributed by atoms with Crippen LogP contribution in [0.4, 0.5) is 11.4 Å². The average molecular weight is 636 g/mol. The van der Waals surface area contributed by atoms with Crippen molar-refractivity contribution in [1.29, 1.82) is 0 Å². The lowest BCUT2D eigenvalue weighted by Gasteiger charge is -2.22. The van der Waals surface area contributed by atoms with Crippen LogP contribution in [0.1, 0.15) is 55.0 Å². The standard InChI is InChI=1S/C29H26BrN5O7/c1-41-26-14-19(13-25(35(39)40)27(26)42-17-18-6-5-9-22(12-18)34(37)38)16-31-33-28(20-7-3-2-4-8-20)32-24-11-10-21(30)15-23(24)29(33)36/h5-6,9-16,20H,2-4,7-8,17H2,1H3. The molecule has 3 aromatic carbocycles. The third-order valence-corrected chi connectivity index (χ3v) is 7.60. The zero-order chi connectivity index (χ0) is 29.8. The first kappa shape index (κ1) is 28.9. The van der Waals surface area contributed by atoms with E-state index < -0.39 is 9.85 Å². The van der Waals surface area contributed by atoms with Gasteiger partial charge in [0, 0.05) is 34.2 Å². The lowest BCUT2D eigenvalue weighted by atomic mass is 9.88. The van der Waals surface area contributed by atoms with Gasteiger partial charge in [0.15, 0.2) is 5.75 Å². The predicted molar refractivity (Wildman–Crippen MR) is 160 cm³/mol. The lowest BCUT2D eigenvalue weighted by molar-refractivity contribution is -0.386. The van der Waals surface area contributed by atoms with Gasteiger partial charge in [-0.3, -0.25) is 25.0 Å². The molecule has 12 nitrogen and oxygen atoms in total. The molecule has 1 aliphatic rings. The topological polar surface area (TPSA) is 152 Å². The molecule has 0 spiro atoms. The quantitative estimate of drug-likeness (QED) is 0.115. The van der Waals surface area contributed by atoms with Crippen LogP contribution in [0.15, 0.2) is 69.0 Å². The van der Waals surface area contributed by atoms with E-state index in [4.69, 9.17) is 14.5 Å². The molecule has 0 N–H and O–H groups in total. The molecule has 216 valence electrons. The van der Waals surface area contributed by atoms with E-state index >= 15 is 0 Å². The number of nitro groups is 2. The van der Waals surface area contributed by atoms with Crippen LogP contribution in [0.2, 0.25) is 0 Å². The van der Waals surface area contributed by atoms with E-state index in [1.165, 1.54) is 48.3 Å². The summed E-state index contributed by atoms with van der Waals surface area (Å²) in [6.07, 6.45) is 6.33. The Labute approximate surface area is 248 Å². The summed E-state index contributed by atoms with van der Waals surface area (Å²) in [5, 5.41) is 28.0. The van der Waals surface area contributed by atoms with Crippen LogP contribution in [-0.4, -0.2) is 32.8 Å². The highest BCUT2D eigenvalue weighted by Gasteiger charge is 2.24. The molecule has 1 aliphatic carbocycles. The third kappa shape index (κ3) is 6.15. The molecule has 0 radical (unpaired) electrons. The number of nitro benzene ring substituents is 2. The van der Waals surface area contributed by atoms with E-state index in [9.17, 15) is 25.0 Å². The summed E-state index contributed by atoms with van der Waals surface area (Å²) in [6, 6.07) is 13.9. The van der Waals surface area contributed by atoms with E-state index in [0.29, 0.717) is 27.9 Å². The number of methoxy groups -OCH3 is 1. The van der Waals surface area contributed by atoms with Crippen LogP contribution in [0.3, 0.4) is 0 Å². The van der Waals surface area contributed by atoms with Crippen molar-refractivity contribution in [3.63, 3.8) is 0 Å². The number of hydrogen-bond donors (Lipinski definition) is 0. The minimum absolute atomic E-state index is 0.0603. The van der Waals surface area contributed by atoms with Crippen LogP contribution in [0, 0.1) is 20.2 Å². The van der Waals surface area contributed by atoms with E-state index in [2.05, 4.69) is 21.0 Å². The maximum absolute atomic E-state index is 13.6. The molecule has 1 heterocycles. The Morgan fingerprint density at radius 3 is 2.57 bits per heavy atom. The van der Waals surface area contributed by atoms with Crippen molar-refractivity contribution < 1.29 is 19.3 Å². The van der Waals surface area contributed by atoms with Crippen LogP contribution in [0.25, 0.3) is 10.9 Å². The number of aromatic nitrogens is 2. The predicted octanol–water partition coefficient (Wildman–Crippen LogP) is 6.49. The van der Waals surface area contributed by atoms with Crippen molar-refractivity contribution in [2.75, 3.05) is 7.11 Å². The number of fused-ring (bicyclic) bond motifs is 1. The second-order valence-corrected chi connectivity index (χ2v) is 10.8. The first-order chi connectivity index (χ1) is 20.2. The fraction of sp³-hybridized carbons (Fsp3) is 0.276. The Bertz CT molecular complexity index is 1770. The summed E-state index contributed by atoms with van der Waals surface area (Å²) >= 11 is 3.41. The normalized spacial score (nSPS) is 13.9. The zero-order valence-corrected chi connectivity index (χ0v) is 24.2. The Morgan fingerprint density at radius 2 is 1.86 bits per heavy atom. The lowest BCUT2D eigenvalue weighted by Crippen LogP contribution is -2.25. The second-order valence-electron chi connectivity index (χ2n) is 9.87. The van der Waals surface area contributed by atoms with Crippen molar-refractivity contribution in [2.45, 2.75) is 44.6 Å². The molecule has 0 aliphatic heterocycles. The molecule has 0 amide bonds. The second kappa shape index (κ2) is 12.5. The van der Waals surface area contributed by atoms with Gasteiger partial charge in [0.25, 0.3) is 11.2 Å². The van der Waals surface area contributed by atoms with Gasteiger partial charge in [-0.1, -0.05) is 47.3 Å². The maximum atomic E-state index is 13.6. The van der Waals surface area contributed by atoms with Gasteiger partial charge in [-0.2, -0.15) is 9.78 Å². The van der Waals surface area contributed by atoms with Crippen LogP contribution >= 0.6 is 15.9 Å². The number of nitrogens with zero attached hydrogens (tertiary/aromatic N) is 5. The Kier molecular flexibility index (Phi) is 8.57. The fourth-order valence-electron chi connectivity index (χ4n) is 5.06. The van der Waals surface area contributed by atoms with Crippen LogP contribution in [0.5, 0.6) is 11.5 Å². The van der Waals surface area contributed by atoms with Crippen molar-refractivity contribution >= 4 is 44.4 Å². The van der Waals surface area contributed by atoms with Gasteiger partial charge < -0.3 is 9.47 Å². The van der Waals surface area contributed by atoms with Crippen molar-refractivity contribution in [2.24, 2.45) is 5.10 Å². The SMILES string of the molecule is COc1cc(C=Nn2c(C3CCCCC3)nc3ccc(Br)cc3c2=O)cc([N+](=O)[O-])c1OCc1cccc([N+](=O)[O-])c1. The molecule has 5 rings (SSSR count). The van der Waals surface area contributed by atoms with E-state index in [0.717, 1.165) is 36.6 Å². The number of rotatable bonds is 9. The molecule has 0 saturated heterocycles. The first-order valence-corrected chi connectivity index (χ1v) is 14.0. The minimum Gasteiger partial charge on any atom is -0.493 e. The molecule has 1 aromatic heterocycles. The maximum Gasteiger partial charge on any atom is 0.315 e. The molecule has 13 heteroatoms. The van der Waals surface area contributed by atoms with E-state index in [-0.39, 0.29) is 41.0 Å². The number of non-ortho nitro benzene ring substituents is 1. The molecule has 0 bridgehead atoms. The van der Waals surface area contributed by atoms with Crippen LogP contribution < -0.4 is 15.0 Å². The largest absolute Gasteiger partial charge is 0.493 e. The molecule has 1 saturated carbocycles. The molecule has 4 aromatic rings. The van der Waals surface area contributed by atoms with Crippen molar-refractivity contribution in [1.82, 2.24) is 9.66 Å². The van der Waals surface area contributed by atoms with Gasteiger partial charge >= 0.3 is 5.69 Å². The first-order valence-electron chi connectivity index (χ1n) is 13.2. The summed E-state index contributed by atoms with van der Waals surface area (Å²) in [5.41, 5.74) is 0.492. The smallest absolute Gasteiger partial charge is 0.315 e. The van der Waals surface area contributed by atoms with Gasteiger partial charge in [-0.15, -0.1) is 0 Å². The third-order valence-electron chi connectivity index (χ3n) is 7.10. The average Bonchev–Trinajstić information content (AvgIpc) is 3.00. The highest BCUT2D eigenvalue weighted by atomic mass is 79.9.